The minimum absolute atomic E-state index is 0. The zero-order valence-corrected chi connectivity index (χ0v) is 18.8. The molecular formula is C10H12N5Na2O5PS. The van der Waals surface area contributed by atoms with Crippen LogP contribution in [-0.2, 0) is 21.1 Å². The van der Waals surface area contributed by atoms with Crippen LogP contribution >= 0.6 is 6.72 Å². The Morgan fingerprint density at radius 3 is 2.79 bits per heavy atom. The van der Waals surface area contributed by atoms with Gasteiger partial charge in [0.15, 0.2) is 11.5 Å². The van der Waals surface area contributed by atoms with Crippen molar-refractivity contribution in [2.75, 3.05) is 12.3 Å². The maximum absolute atomic E-state index is 10.9. The molecule has 1 aliphatic heterocycles. The summed E-state index contributed by atoms with van der Waals surface area (Å²) in [4.78, 5) is 33.7. The number of imidazole rings is 1. The van der Waals surface area contributed by atoms with Gasteiger partial charge in [-0.15, -0.1) is 11.8 Å². The van der Waals surface area contributed by atoms with Crippen molar-refractivity contribution < 1.29 is 83.3 Å². The molecular weight excluding hydrogens is 379 g/mol. The number of aromatic nitrogens is 4. The zero-order chi connectivity index (χ0) is 15.9. The molecule has 3 atom stereocenters. The predicted octanol–water partition coefficient (Wildman–Crippen LogP) is -7.97. The number of nitrogen functional groups attached to an aromatic ring is 1. The van der Waals surface area contributed by atoms with Crippen LogP contribution in [0, 0.1) is 0 Å². The molecule has 24 heavy (non-hydrogen) atoms. The van der Waals surface area contributed by atoms with Crippen molar-refractivity contribution in [2.24, 2.45) is 0 Å². The van der Waals surface area contributed by atoms with E-state index in [1.54, 1.807) is 4.57 Å². The number of aliphatic hydroxyl groups is 1. The zero-order valence-electron chi connectivity index (χ0n) is 13.1. The smallest absolute Gasteiger partial charge is 0.812 e. The predicted molar refractivity (Wildman–Crippen MR) is 74.5 cm³/mol. The van der Waals surface area contributed by atoms with Crippen LogP contribution < -0.4 is 74.6 Å². The number of nitrogens with zero attached hydrogens (tertiary/aromatic N) is 4. The minimum atomic E-state index is -4.28. The number of nitrogens with two attached hydrogens (primary N) is 1. The normalized spacial score (nSPS) is 23.7. The molecule has 3 N–H and O–H groups in total. The van der Waals surface area contributed by atoms with Crippen molar-refractivity contribution in [3.8, 4) is 0 Å². The second-order valence-electron chi connectivity index (χ2n) is 4.76. The molecule has 2 aromatic rings. The van der Waals surface area contributed by atoms with Gasteiger partial charge in [-0.2, -0.15) is 0 Å². The SMILES string of the molecule is Nc1ncnc2c1ncn2C1CC(O)C(COP([O-])([O-])=S)O1.[Na+].[Na+]. The molecule has 1 aliphatic rings. The van der Waals surface area contributed by atoms with E-state index in [4.69, 9.17) is 10.5 Å². The Bertz CT molecular complexity index is 745. The Morgan fingerprint density at radius 2 is 2.12 bits per heavy atom. The van der Waals surface area contributed by atoms with Gasteiger partial charge in [-0.25, -0.2) is 15.0 Å². The molecule has 120 valence electrons. The van der Waals surface area contributed by atoms with Gasteiger partial charge in [-0.3, -0.25) is 4.57 Å². The number of anilines is 1. The Morgan fingerprint density at radius 1 is 1.42 bits per heavy atom. The van der Waals surface area contributed by atoms with Crippen molar-refractivity contribution in [1.29, 1.82) is 0 Å². The third kappa shape index (κ3) is 5.17. The average Bonchev–Trinajstić information content (AvgIpc) is 3.00. The molecule has 0 aromatic carbocycles. The van der Waals surface area contributed by atoms with Gasteiger partial charge >= 0.3 is 59.1 Å². The number of hydrogen-bond donors (Lipinski definition) is 2. The monoisotopic (exact) mass is 391 g/mol. The number of hydrogen-bond acceptors (Lipinski definition) is 10. The summed E-state index contributed by atoms with van der Waals surface area (Å²) in [5.41, 5.74) is 6.59. The molecule has 0 amide bonds. The van der Waals surface area contributed by atoms with Gasteiger partial charge in [0.1, 0.15) is 24.2 Å². The van der Waals surface area contributed by atoms with E-state index in [-0.39, 0.29) is 78.0 Å². The molecule has 3 unspecified atom stereocenters. The van der Waals surface area contributed by atoms with Gasteiger partial charge in [0, 0.05) is 6.42 Å². The molecule has 3 rings (SSSR count). The van der Waals surface area contributed by atoms with Gasteiger partial charge in [0.25, 0.3) is 0 Å². The van der Waals surface area contributed by atoms with Crippen LogP contribution in [0.2, 0.25) is 0 Å². The van der Waals surface area contributed by atoms with Crippen molar-refractivity contribution in [1.82, 2.24) is 19.5 Å². The van der Waals surface area contributed by atoms with E-state index in [9.17, 15) is 14.9 Å². The van der Waals surface area contributed by atoms with E-state index in [0.29, 0.717) is 11.2 Å². The first kappa shape index (κ1) is 22.8. The van der Waals surface area contributed by atoms with Crippen LogP contribution in [-0.4, -0.2) is 43.4 Å². The molecule has 0 bridgehead atoms. The van der Waals surface area contributed by atoms with Crippen molar-refractivity contribution in [3.63, 3.8) is 0 Å². The molecule has 14 heteroatoms. The fourth-order valence-corrected chi connectivity index (χ4v) is 2.79. The first-order chi connectivity index (χ1) is 10.3. The summed E-state index contributed by atoms with van der Waals surface area (Å²) in [7, 11) is 0. The standard InChI is InChI=1S/C10H14N5O5PS.2Na/c11-9-8-10(13-3-12-9)15(4-14-8)7-1-5(16)6(20-7)2-19-21(17,18)22;;/h3-7,16H,1-2H2,(H2,11,12,13)(H2,17,18,22);;/q;2*+1/p-2. The van der Waals surface area contributed by atoms with Gasteiger partial charge < -0.3 is 29.9 Å². The van der Waals surface area contributed by atoms with Crippen LogP contribution in [0.1, 0.15) is 12.6 Å². The Labute approximate surface area is 186 Å². The van der Waals surface area contributed by atoms with Gasteiger partial charge in [0.05, 0.1) is 19.0 Å². The largest absolute Gasteiger partial charge is 1.00 e. The molecule has 0 radical (unpaired) electrons. The maximum Gasteiger partial charge on any atom is 1.00 e. The molecule has 0 aliphatic carbocycles. The van der Waals surface area contributed by atoms with Crippen molar-refractivity contribution in [2.45, 2.75) is 24.9 Å². The maximum atomic E-state index is 10.9. The van der Waals surface area contributed by atoms with E-state index in [2.05, 4.69) is 31.3 Å². The molecule has 3 heterocycles. The van der Waals surface area contributed by atoms with E-state index in [1.807, 2.05) is 0 Å². The fourth-order valence-electron chi connectivity index (χ4n) is 2.28. The Hall–Kier alpha value is 0.800. The second-order valence-corrected chi connectivity index (χ2v) is 7.25. The van der Waals surface area contributed by atoms with Gasteiger partial charge in [-0.1, -0.05) is 6.72 Å². The number of aliphatic hydroxyl groups excluding tert-OH is 1. The number of fused-ring (bicyclic) bond motifs is 1. The van der Waals surface area contributed by atoms with Crippen LogP contribution in [0.5, 0.6) is 0 Å². The molecule has 0 spiro atoms. The van der Waals surface area contributed by atoms with Crippen LogP contribution in [0.3, 0.4) is 0 Å². The van der Waals surface area contributed by atoms with Crippen molar-refractivity contribution >= 4 is 35.5 Å². The fraction of sp³-hybridized carbons (Fsp3) is 0.500. The molecule has 1 saturated heterocycles. The van der Waals surface area contributed by atoms with Gasteiger partial charge in [0.2, 0.25) is 0 Å². The summed E-state index contributed by atoms with van der Waals surface area (Å²) in [6.07, 6.45) is 0.715. The summed E-state index contributed by atoms with van der Waals surface area (Å²) < 4.78 is 11.7. The Balaban J connectivity index is 0.00000144. The summed E-state index contributed by atoms with van der Waals surface area (Å²) in [6.45, 7) is -4.63. The summed E-state index contributed by atoms with van der Waals surface area (Å²) in [5.74, 6) is 0.237. The summed E-state index contributed by atoms with van der Waals surface area (Å²) >= 11 is 4.14. The number of rotatable bonds is 4. The van der Waals surface area contributed by atoms with Gasteiger partial charge in [-0.05, 0) is 0 Å². The van der Waals surface area contributed by atoms with Crippen LogP contribution in [0.4, 0.5) is 5.82 Å². The molecule has 0 saturated carbocycles. The first-order valence-corrected chi connectivity index (χ1v) is 8.84. The average molecular weight is 391 g/mol. The number of ether oxygens (including phenoxy) is 1. The van der Waals surface area contributed by atoms with E-state index >= 15 is 0 Å². The molecule has 10 nitrogen and oxygen atoms in total. The van der Waals surface area contributed by atoms with E-state index in [0.717, 1.165) is 0 Å². The first-order valence-electron chi connectivity index (χ1n) is 6.28. The van der Waals surface area contributed by atoms with Crippen LogP contribution in [0.15, 0.2) is 12.7 Å². The van der Waals surface area contributed by atoms with E-state index < -0.39 is 25.2 Å². The second kappa shape index (κ2) is 9.14. The third-order valence-electron chi connectivity index (χ3n) is 3.30. The van der Waals surface area contributed by atoms with Crippen molar-refractivity contribution in [3.05, 3.63) is 12.7 Å². The molecule has 1 fully saturated rings. The van der Waals surface area contributed by atoms with E-state index in [1.165, 1.54) is 12.7 Å². The quantitative estimate of drug-likeness (QED) is 0.379. The summed E-state index contributed by atoms with van der Waals surface area (Å²) in [5, 5.41) is 9.96. The summed E-state index contributed by atoms with van der Waals surface area (Å²) in [6, 6.07) is 0. The minimum Gasteiger partial charge on any atom is -0.812 e. The third-order valence-corrected chi connectivity index (χ3v) is 4.08. The Kier molecular flexibility index (Phi) is 8.69. The molecule has 2 aromatic heterocycles. The van der Waals surface area contributed by atoms with Crippen LogP contribution in [0.25, 0.3) is 11.2 Å². The topological polar surface area (TPSA) is 154 Å².